The predicted molar refractivity (Wildman–Crippen MR) is 158 cm³/mol. The molecule has 1 aliphatic heterocycles. The number of benzene rings is 2. The summed E-state index contributed by atoms with van der Waals surface area (Å²) in [5.41, 5.74) is 10.9. The fourth-order valence-electron chi connectivity index (χ4n) is 5.61. The van der Waals surface area contributed by atoms with Gasteiger partial charge in [-0.25, -0.2) is 23.1 Å². The second-order valence-corrected chi connectivity index (χ2v) is 13.7. The van der Waals surface area contributed by atoms with Crippen LogP contribution in [-0.4, -0.2) is 50.5 Å². The number of rotatable bonds is 6. The van der Waals surface area contributed by atoms with Gasteiger partial charge in [-0.3, -0.25) is 0 Å². The molecule has 0 spiro atoms. The van der Waals surface area contributed by atoms with Crippen LogP contribution in [0.2, 0.25) is 0 Å². The zero-order valence-corrected chi connectivity index (χ0v) is 23.9. The number of sulfonamides is 1. The van der Waals surface area contributed by atoms with Gasteiger partial charge in [-0.1, -0.05) is 39.0 Å². The van der Waals surface area contributed by atoms with Crippen molar-refractivity contribution in [1.82, 2.24) is 29.0 Å². The van der Waals surface area contributed by atoms with Crippen molar-refractivity contribution in [3.8, 4) is 11.3 Å². The highest BCUT2D eigenvalue weighted by Crippen LogP contribution is 2.33. The van der Waals surface area contributed by atoms with Gasteiger partial charge in [0.15, 0.2) is 5.65 Å². The first-order valence-corrected chi connectivity index (χ1v) is 15.2. The summed E-state index contributed by atoms with van der Waals surface area (Å²) in [6, 6.07) is 15.5. The maximum atomic E-state index is 13.3. The van der Waals surface area contributed by atoms with E-state index in [1.807, 2.05) is 41.2 Å². The Hall–Kier alpha value is -3.76. The van der Waals surface area contributed by atoms with E-state index in [4.69, 9.17) is 10.8 Å². The zero-order valence-electron chi connectivity index (χ0n) is 23.1. The quantitative estimate of drug-likeness (QED) is 0.290. The summed E-state index contributed by atoms with van der Waals surface area (Å²) < 4.78 is 30.1. The Morgan fingerprint density at radius 3 is 2.50 bits per heavy atom. The minimum Gasteiger partial charge on any atom is -0.383 e. The molecule has 3 aromatic heterocycles. The molecule has 3 N–H and O–H groups in total. The lowest BCUT2D eigenvalue weighted by Crippen LogP contribution is -2.38. The van der Waals surface area contributed by atoms with E-state index in [0.717, 1.165) is 58.0 Å². The van der Waals surface area contributed by atoms with E-state index in [1.54, 1.807) is 16.4 Å². The molecule has 0 amide bonds. The topological polar surface area (TPSA) is 123 Å². The first-order chi connectivity index (χ1) is 19.1. The number of nitrogens with two attached hydrogens (primary N) is 1. The van der Waals surface area contributed by atoms with E-state index in [-0.39, 0.29) is 5.41 Å². The van der Waals surface area contributed by atoms with E-state index in [9.17, 15) is 8.42 Å². The van der Waals surface area contributed by atoms with Crippen LogP contribution in [0.1, 0.15) is 45.6 Å². The Labute approximate surface area is 234 Å². The molecule has 1 saturated heterocycles. The van der Waals surface area contributed by atoms with Crippen molar-refractivity contribution < 1.29 is 8.42 Å². The second kappa shape index (κ2) is 10.0. The number of nitrogens with one attached hydrogen (secondary N) is 1. The Morgan fingerprint density at radius 2 is 1.77 bits per heavy atom. The van der Waals surface area contributed by atoms with Crippen LogP contribution < -0.4 is 5.73 Å². The largest absolute Gasteiger partial charge is 0.383 e. The summed E-state index contributed by atoms with van der Waals surface area (Å²) in [5.74, 6) is 0.808. The van der Waals surface area contributed by atoms with Crippen LogP contribution in [0, 0.1) is 5.92 Å². The standard InChI is InChI=1S/C30H35N7O2S/c1-30(2,3)23-5-7-24(8-6-23)40(38,39)36-15-11-20(12-16-36)13-17-37-29-26(28(31)33-19-34-29)27(35-37)22-4-9-25-21(18-22)10-14-32-25/h4-10,14,18-20,32H,11-13,15-17H2,1-3H3,(H2,31,33,34). The smallest absolute Gasteiger partial charge is 0.243 e. The van der Waals surface area contributed by atoms with E-state index >= 15 is 0 Å². The number of hydrogen-bond acceptors (Lipinski definition) is 6. The molecule has 0 radical (unpaired) electrons. The molecule has 1 fully saturated rings. The van der Waals surface area contributed by atoms with Crippen LogP contribution in [0.5, 0.6) is 0 Å². The third-order valence-corrected chi connectivity index (χ3v) is 9.98. The second-order valence-electron chi connectivity index (χ2n) is 11.7. The van der Waals surface area contributed by atoms with Crippen LogP contribution in [0.25, 0.3) is 33.2 Å². The molecule has 6 rings (SSSR count). The summed E-state index contributed by atoms with van der Waals surface area (Å²) in [5, 5.41) is 6.79. The molecule has 5 aromatic rings. The Kier molecular flexibility index (Phi) is 6.62. The molecular formula is C30H35N7O2S. The average Bonchev–Trinajstić information content (AvgIpc) is 3.57. The Morgan fingerprint density at radius 1 is 1.02 bits per heavy atom. The number of hydrogen-bond donors (Lipinski definition) is 2. The maximum Gasteiger partial charge on any atom is 0.243 e. The lowest BCUT2D eigenvalue weighted by molar-refractivity contribution is 0.255. The number of H-pyrrole nitrogens is 1. The van der Waals surface area contributed by atoms with Gasteiger partial charge in [0.1, 0.15) is 17.8 Å². The van der Waals surface area contributed by atoms with Crippen LogP contribution in [0.15, 0.2) is 66.0 Å². The van der Waals surface area contributed by atoms with E-state index < -0.39 is 10.0 Å². The number of fused-ring (bicyclic) bond motifs is 2. The van der Waals surface area contributed by atoms with Gasteiger partial charge in [-0.2, -0.15) is 9.40 Å². The van der Waals surface area contributed by atoms with Crippen molar-refractivity contribution in [2.24, 2.45) is 5.92 Å². The maximum absolute atomic E-state index is 13.3. The molecule has 0 aliphatic carbocycles. The number of piperidine rings is 1. The predicted octanol–water partition coefficient (Wildman–Crippen LogP) is 5.35. The fourth-order valence-corrected chi connectivity index (χ4v) is 7.08. The van der Waals surface area contributed by atoms with Crippen molar-refractivity contribution >= 4 is 37.8 Å². The van der Waals surface area contributed by atoms with Gasteiger partial charge in [0.05, 0.1) is 10.3 Å². The molecule has 0 unspecified atom stereocenters. The van der Waals surface area contributed by atoms with Crippen molar-refractivity contribution in [2.75, 3.05) is 18.8 Å². The van der Waals surface area contributed by atoms with Gasteiger partial charge in [-0.15, -0.1) is 0 Å². The third kappa shape index (κ3) is 4.86. The summed E-state index contributed by atoms with van der Waals surface area (Å²) in [7, 11) is -3.50. The molecule has 0 saturated carbocycles. The van der Waals surface area contributed by atoms with Crippen LogP contribution in [-0.2, 0) is 22.0 Å². The molecular weight excluding hydrogens is 522 g/mol. The highest BCUT2D eigenvalue weighted by atomic mass is 32.2. The number of anilines is 1. The minimum absolute atomic E-state index is 0.0189. The van der Waals surface area contributed by atoms with Gasteiger partial charge in [0.25, 0.3) is 0 Å². The Bertz CT molecular complexity index is 1770. The summed E-state index contributed by atoms with van der Waals surface area (Å²) in [6.07, 6.45) is 5.90. The summed E-state index contributed by atoms with van der Waals surface area (Å²) >= 11 is 0. The fraction of sp³-hybridized carbons (Fsp3) is 0.367. The normalized spacial score (nSPS) is 15.8. The number of aryl methyl sites for hydroxylation is 1. The molecule has 10 heteroatoms. The van der Waals surface area contributed by atoms with Gasteiger partial charge >= 0.3 is 0 Å². The van der Waals surface area contributed by atoms with Crippen molar-refractivity contribution in [1.29, 1.82) is 0 Å². The van der Waals surface area contributed by atoms with Crippen molar-refractivity contribution in [3.05, 3.63) is 66.6 Å². The average molecular weight is 558 g/mol. The first-order valence-electron chi connectivity index (χ1n) is 13.8. The lowest BCUT2D eigenvalue weighted by atomic mass is 9.87. The van der Waals surface area contributed by atoms with E-state index in [2.05, 4.69) is 41.8 Å². The molecule has 1 aliphatic rings. The minimum atomic E-state index is -3.50. The molecule has 0 bridgehead atoms. The molecule has 2 aromatic carbocycles. The number of nitrogen functional groups attached to an aromatic ring is 1. The van der Waals surface area contributed by atoms with Gasteiger partial charge in [0, 0.05) is 42.3 Å². The van der Waals surface area contributed by atoms with Gasteiger partial charge in [-0.05, 0) is 66.5 Å². The zero-order chi connectivity index (χ0) is 28.1. The van der Waals surface area contributed by atoms with Crippen LogP contribution >= 0.6 is 0 Å². The summed E-state index contributed by atoms with van der Waals surface area (Å²) in [6.45, 7) is 8.08. The monoisotopic (exact) mass is 557 g/mol. The molecule has 4 heterocycles. The molecule has 40 heavy (non-hydrogen) atoms. The molecule has 9 nitrogen and oxygen atoms in total. The number of nitrogens with zero attached hydrogens (tertiary/aromatic N) is 5. The van der Waals surface area contributed by atoms with E-state index in [0.29, 0.717) is 36.3 Å². The highest BCUT2D eigenvalue weighted by molar-refractivity contribution is 7.89. The van der Waals surface area contributed by atoms with Gasteiger partial charge in [0.2, 0.25) is 10.0 Å². The SMILES string of the molecule is CC(C)(C)c1ccc(S(=O)(=O)N2CCC(CCn3nc(-c4ccc5[nH]ccc5c4)c4c(N)ncnc43)CC2)cc1. The molecule has 208 valence electrons. The van der Waals surface area contributed by atoms with Crippen LogP contribution in [0.3, 0.4) is 0 Å². The van der Waals surface area contributed by atoms with Crippen molar-refractivity contribution in [2.45, 2.75) is 56.9 Å². The van der Waals surface area contributed by atoms with Crippen molar-refractivity contribution in [3.63, 3.8) is 0 Å². The number of aromatic nitrogens is 5. The van der Waals surface area contributed by atoms with Gasteiger partial charge < -0.3 is 10.7 Å². The Balaban J connectivity index is 1.15. The first kappa shape index (κ1) is 26.5. The number of aromatic amines is 1. The lowest BCUT2D eigenvalue weighted by Gasteiger charge is -2.31. The molecule has 0 atom stereocenters. The summed E-state index contributed by atoms with van der Waals surface area (Å²) in [4.78, 5) is 12.3. The third-order valence-electron chi connectivity index (χ3n) is 8.07. The highest BCUT2D eigenvalue weighted by Gasteiger charge is 2.30. The van der Waals surface area contributed by atoms with Crippen LogP contribution in [0.4, 0.5) is 5.82 Å². The van der Waals surface area contributed by atoms with E-state index in [1.165, 1.54) is 6.33 Å².